The molecule has 10 heteroatoms. The van der Waals surface area contributed by atoms with E-state index >= 15 is 0 Å². The van der Waals surface area contributed by atoms with Gasteiger partial charge in [-0.3, -0.25) is 0 Å². The molecule has 0 aliphatic carbocycles. The highest BCUT2D eigenvalue weighted by Gasteiger charge is 2.32. The van der Waals surface area contributed by atoms with E-state index in [-0.39, 0.29) is 25.0 Å². The van der Waals surface area contributed by atoms with Crippen molar-refractivity contribution >= 4 is 0 Å². The van der Waals surface area contributed by atoms with Crippen molar-refractivity contribution < 1.29 is 19.7 Å². The summed E-state index contributed by atoms with van der Waals surface area (Å²) in [6.07, 6.45) is -2.88. The second-order valence-electron chi connectivity index (χ2n) is 6.39. The summed E-state index contributed by atoms with van der Waals surface area (Å²) < 4.78 is 10.7. The van der Waals surface area contributed by atoms with Gasteiger partial charge in [-0.15, -0.1) is 0 Å². The number of aliphatic hydroxyl groups excluding tert-OH is 2. The molecule has 2 N–H and O–H groups in total. The molecule has 0 aromatic rings. The van der Waals surface area contributed by atoms with Crippen LogP contribution in [0.4, 0.5) is 0 Å². The van der Waals surface area contributed by atoms with E-state index in [9.17, 15) is 10.2 Å². The number of azide groups is 2. The first kappa shape index (κ1) is 22.5. The Hall–Kier alpha value is -1.54. The van der Waals surface area contributed by atoms with Gasteiger partial charge in [0, 0.05) is 23.0 Å². The van der Waals surface area contributed by atoms with Gasteiger partial charge >= 0.3 is 0 Å². The van der Waals surface area contributed by atoms with E-state index in [0.717, 1.165) is 0 Å². The van der Waals surface area contributed by atoms with E-state index in [1.54, 1.807) is 0 Å². The van der Waals surface area contributed by atoms with Gasteiger partial charge in [0.15, 0.2) is 0 Å². The average molecular weight is 344 g/mol. The van der Waals surface area contributed by atoms with Crippen molar-refractivity contribution in [3.05, 3.63) is 20.9 Å². The monoisotopic (exact) mass is 344 g/mol. The zero-order chi connectivity index (χ0) is 18.5. The molecular weight excluding hydrogens is 316 g/mol. The highest BCUT2D eigenvalue weighted by molar-refractivity contribution is 4.89. The number of rotatable bonds is 13. The third-order valence-corrected chi connectivity index (χ3v) is 3.02. The van der Waals surface area contributed by atoms with E-state index in [2.05, 4.69) is 20.1 Å². The van der Waals surface area contributed by atoms with Crippen molar-refractivity contribution in [1.29, 1.82) is 0 Å². The van der Waals surface area contributed by atoms with E-state index in [1.807, 2.05) is 27.7 Å². The quantitative estimate of drug-likeness (QED) is 0.299. The topological polar surface area (TPSA) is 156 Å². The van der Waals surface area contributed by atoms with Gasteiger partial charge in [-0.1, -0.05) is 37.9 Å². The molecule has 10 nitrogen and oxygen atoms in total. The molecule has 0 rings (SSSR count). The van der Waals surface area contributed by atoms with Crippen molar-refractivity contribution in [2.75, 3.05) is 26.4 Å². The molecule has 0 fully saturated rings. The largest absolute Gasteiger partial charge is 0.390 e. The van der Waals surface area contributed by atoms with Crippen LogP contribution in [-0.2, 0) is 9.47 Å². The molecule has 0 aromatic carbocycles. The van der Waals surface area contributed by atoms with Crippen LogP contribution in [0.15, 0.2) is 10.2 Å². The highest BCUT2D eigenvalue weighted by atomic mass is 16.5. The second kappa shape index (κ2) is 12.8. The fraction of sp³-hybridized carbons (Fsp3) is 1.00. The lowest BCUT2D eigenvalue weighted by atomic mass is 10.0. The van der Waals surface area contributed by atoms with Crippen LogP contribution in [0.2, 0.25) is 0 Å². The standard InChI is InChI=1S/C14H28N6O4/c1-9(2)5-23-7-11(17-19-15)13(21)14(22)12(18-20-16)8-24-6-10(3)4/h9-14,21-22H,5-8H2,1-4H3/t11-,12-,13+,14+/m0/s1. The molecule has 0 bridgehead atoms. The van der Waals surface area contributed by atoms with Crippen molar-refractivity contribution in [1.82, 2.24) is 0 Å². The Morgan fingerprint density at radius 3 is 1.33 bits per heavy atom. The van der Waals surface area contributed by atoms with Crippen LogP contribution in [0, 0.1) is 11.8 Å². The molecule has 0 unspecified atom stereocenters. The van der Waals surface area contributed by atoms with Gasteiger partial charge in [-0.05, 0) is 22.9 Å². The summed E-state index contributed by atoms with van der Waals surface area (Å²) in [5, 5.41) is 27.4. The summed E-state index contributed by atoms with van der Waals surface area (Å²) in [4.78, 5) is 5.33. The molecule has 0 saturated heterocycles. The Labute approximate surface area is 142 Å². The summed E-state index contributed by atoms with van der Waals surface area (Å²) in [6, 6.07) is -1.99. The summed E-state index contributed by atoms with van der Waals surface area (Å²) >= 11 is 0. The lowest BCUT2D eigenvalue weighted by molar-refractivity contribution is -0.0455. The number of hydrogen-bond donors (Lipinski definition) is 2. The fourth-order valence-electron chi connectivity index (χ4n) is 1.84. The molecule has 0 amide bonds. The van der Waals surface area contributed by atoms with Crippen LogP contribution in [-0.4, -0.2) is 60.9 Å². The molecule has 0 saturated carbocycles. The molecule has 0 heterocycles. The maximum Gasteiger partial charge on any atom is 0.0911 e. The van der Waals surface area contributed by atoms with Crippen molar-refractivity contribution in [3.8, 4) is 0 Å². The van der Waals surface area contributed by atoms with Gasteiger partial charge in [-0.2, -0.15) is 0 Å². The zero-order valence-electron chi connectivity index (χ0n) is 14.7. The SMILES string of the molecule is CC(C)COC[C@H](N=[N+]=[N-])[C@@H](O)[C@H](O)[C@H](COCC(C)C)N=[N+]=[N-]. The van der Waals surface area contributed by atoms with Crippen LogP contribution in [0.25, 0.3) is 20.9 Å². The molecule has 24 heavy (non-hydrogen) atoms. The summed E-state index contributed by atoms with van der Waals surface area (Å²) in [6.45, 7) is 8.59. The Morgan fingerprint density at radius 2 is 1.08 bits per heavy atom. The Morgan fingerprint density at radius 1 is 0.750 bits per heavy atom. The molecule has 0 aliphatic rings. The van der Waals surface area contributed by atoms with E-state index < -0.39 is 24.3 Å². The average Bonchev–Trinajstić information content (AvgIpc) is 2.51. The minimum Gasteiger partial charge on any atom is -0.390 e. The third kappa shape index (κ3) is 9.57. The van der Waals surface area contributed by atoms with Crippen LogP contribution in [0.1, 0.15) is 27.7 Å². The van der Waals surface area contributed by atoms with Crippen molar-refractivity contribution in [2.24, 2.45) is 22.1 Å². The maximum absolute atomic E-state index is 10.2. The summed E-state index contributed by atoms with van der Waals surface area (Å²) in [7, 11) is 0. The minimum absolute atomic E-state index is 0.0453. The van der Waals surface area contributed by atoms with E-state index in [4.69, 9.17) is 20.5 Å². The third-order valence-electron chi connectivity index (χ3n) is 3.02. The molecule has 0 spiro atoms. The Bertz CT molecular complexity index is 395. The Kier molecular flexibility index (Phi) is 12.0. The summed E-state index contributed by atoms with van der Waals surface area (Å²) in [5.41, 5.74) is 17.2. The Balaban J connectivity index is 4.82. The summed E-state index contributed by atoms with van der Waals surface area (Å²) in [5.74, 6) is 0.554. The highest BCUT2D eigenvalue weighted by Crippen LogP contribution is 2.13. The fourth-order valence-corrected chi connectivity index (χ4v) is 1.84. The predicted octanol–water partition coefficient (Wildman–Crippen LogP) is 2.41. The molecule has 0 aromatic heterocycles. The smallest absolute Gasteiger partial charge is 0.0911 e. The molecular formula is C14H28N6O4. The number of ether oxygens (including phenoxy) is 2. The predicted molar refractivity (Wildman–Crippen MR) is 89.2 cm³/mol. The van der Waals surface area contributed by atoms with Gasteiger partial charge in [0.05, 0.1) is 37.5 Å². The zero-order valence-corrected chi connectivity index (χ0v) is 14.7. The normalized spacial score (nSPS) is 16.2. The van der Waals surface area contributed by atoms with Gasteiger partial charge in [0.1, 0.15) is 0 Å². The number of hydrogen-bond acceptors (Lipinski definition) is 6. The lowest BCUT2D eigenvalue weighted by Gasteiger charge is -2.27. The van der Waals surface area contributed by atoms with Gasteiger partial charge < -0.3 is 19.7 Å². The number of aliphatic hydroxyl groups is 2. The van der Waals surface area contributed by atoms with Crippen molar-refractivity contribution in [3.63, 3.8) is 0 Å². The maximum atomic E-state index is 10.2. The minimum atomic E-state index is -1.44. The molecule has 4 atom stereocenters. The number of nitrogens with zero attached hydrogens (tertiary/aromatic N) is 6. The van der Waals surface area contributed by atoms with Crippen LogP contribution < -0.4 is 0 Å². The van der Waals surface area contributed by atoms with Gasteiger partial charge in [-0.25, -0.2) is 0 Å². The first-order chi connectivity index (χ1) is 11.3. The second-order valence-corrected chi connectivity index (χ2v) is 6.39. The first-order valence-corrected chi connectivity index (χ1v) is 7.93. The van der Waals surface area contributed by atoms with Crippen LogP contribution in [0.5, 0.6) is 0 Å². The molecule has 0 aliphatic heterocycles. The van der Waals surface area contributed by atoms with Gasteiger partial charge in [0.25, 0.3) is 0 Å². The lowest BCUT2D eigenvalue weighted by Crippen LogP contribution is -2.46. The van der Waals surface area contributed by atoms with Crippen LogP contribution in [0.3, 0.4) is 0 Å². The van der Waals surface area contributed by atoms with Crippen LogP contribution >= 0.6 is 0 Å². The van der Waals surface area contributed by atoms with Crippen molar-refractivity contribution in [2.45, 2.75) is 52.0 Å². The van der Waals surface area contributed by atoms with E-state index in [0.29, 0.717) is 13.2 Å². The van der Waals surface area contributed by atoms with Gasteiger partial charge in [0.2, 0.25) is 0 Å². The molecule has 138 valence electrons. The molecule has 0 radical (unpaired) electrons. The van der Waals surface area contributed by atoms with E-state index in [1.165, 1.54) is 0 Å². The first-order valence-electron chi connectivity index (χ1n) is 7.93.